The van der Waals surface area contributed by atoms with Crippen molar-refractivity contribution >= 4 is 23.1 Å². The van der Waals surface area contributed by atoms with Gasteiger partial charge in [0.15, 0.2) is 5.84 Å². The Morgan fingerprint density at radius 3 is 2.74 bits per heavy atom. The molecule has 3 rings (SSSR count). The molecule has 0 amide bonds. The van der Waals surface area contributed by atoms with Gasteiger partial charge in [0.05, 0.1) is 5.56 Å². The molecule has 0 spiro atoms. The molecule has 2 N–H and O–H groups in total. The SMILES string of the molecule is N/C(=N\OC(=O)c1ccccc1)c1csc(-c2cccnc2)n1. The molecular formula is C16H12N4O2S. The van der Waals surface area contributed by atoms with Gasteiger partial charge in [0.1, 0.15) is 10.7 Å². The fourth-order valence-corrected chi connectivity index (χ4v) is 2.58. The molecule has 6 nitrogen and oxygen atoms in total. The van der Waals surface area contributed by atoms with Crippen LogP contribution in [-0.2, 0) is 4.84 Å². The van der Waals surface area contributed by atoms with Gasteiger partial charge in [-0.15, -0.1) is 11.3 Å². The van der Waals surface area contributed by atoms with Crippen LogP contribution >= 0.6 is 11.3 Å². The Balaban J connectivity index is 1.72. The van der Waals surface area contributed by atoms with E-state index >= 15 is 0 Å². The van der Waals surface area contributed by atoms with E-state index in [4.69, 9.17) is 10.6 Å². The van der Waals surface area contributed by atoms with Gasteiger partial charge in [0.2, 0.25) is 0 Å². The number of aromatic nitrogens is 2. The van der Waals surface area contributed by atoms with Gasteiger partial charge in [-0.05, 0) is 24.3 Å². The number of nitrogens with zero attached hydrogens (tertiary/aromatic N) is 3. The number of thiazole rings is 1. The summed E-state index contributed by atoms with van der Waals surface area (Å²) in [6, 6.07) is 12.3. The highest BCUT2D eigenvalue weighted by Gasteiger charge is 2.10. The summed E-state index contributed by atoms with van der Waals surface area (Å²) in [6.07, 6.45) is 3.41. The number of nitrogens with two attached hydrogens (primary N) is 1. The molecule has 1 aromatic carbocycles. The number of amidine groups is 1. The van der Waals surface area contributed by atoms with E-state index in [1.54, 1.807) is 42.0 Å². The van der Waals surface area contributed by atoms with Crippen LogP contribution in [0.1, 0.15) is 16.1 Å². The molecule has 0 bridgehead atoms. The minimum absolute atomic E-state index is 0.0423. The van der Waals surface area contributed by atoms with Crippen LogP contribution in [0.25, 0.3) is 10.6 Å². The summed E-state index contributed by atoms with van der Waals surface area (Å²) in [4.78, 5) is 25.0. The lowest BCUT2D eigenvalue weighted by Gasteiger charge is -1.98. The van der Waals surface area contributed by atoms with Gasteiger partial charge in [-0.1, -0.05) is 23.4 Å². The first-order valence-electron chi connectivity index (χ1n) is 6.70. The number of rotatable bonds is 4. The van der Waals surface area contributed by atoms with Gasteiger partial charge < -0.3 is 10.6 Å². The first-order chi connectivity index (χ1) is 11.2. The van der Waals surface area contributed by atoms with E-state index in [9.17, 15) is 4.79 Å². The lowest BCUT2D eigenvalue weighted by molar-refractivity contribution is 0.0516. The van der Waals surface area contributed by atoms with E-state index in [2.05, 4.69) is 15.1 Å². The third-order valence-electron chi connectivity index (χ3n) is 2.91. The van der Waals surface area contributed by atoms with E-state index < -0.39 is 5.97 Å². The normalized spacial score (nSPS) is 11.2. The fraction of sp³-hybridized carbons (Fsp3) is 0. The zero-order chi connectivity index (χ0) is 16.1. The van der Waals surface area contributed by atoms with E-state index in [0.717, 1.165) is 10.6 Å². The highest BCUT2D eigenvalue weighted by molar-refractivity contribution is 7.13. The van der Waals surface area contributed by atoms with Crippen LogP contribution < -0.4 is 5.73 Å². The van der Waals surface area contributed by atoms with Crippen molar-refractivity contribution in [3.8, 4) is 10.6 Å². The van der Waals surface area contributed by atoms with Gasteiger partial charge in [-0.25, -0.2) is 9.78 Å². The van der Waals surface area contributed by atoms with Gasteiger partial charge in [-0.3, -0.25) is 4.98 Å². The summed E-state index contributed by atoms with van der Waals surface area (Å²) in [6.45, 7) is 0. The summed E-state index contributed by atoms with van der Waals surface area (Å²) in [5, 5.41) is 6.16. The largest absolute Gasteiger partial charge is 0.379 e. The minimum atomic E-state index is -0.573. The van der Waals surface area contributed by atoms with E-state index in [1.165, 1.54) is 11.3 Å². The van der Waals surface area contributed by atoms with Crippen LogP contribution in [0.5, 0.6) is 0 Å². The Hall–Kier alpha value is -3.06. The van der Waals surface area contributed by atoms with Crippen molar-refractivity contribution in [1.82, 2.24) is 9.97 Å². The third-order valence-corrected chi connectivity index (χ3v) is 3.80. The zero-order valence-corrected chi connectivity index (χ0v) is 12.7. The van der Waals surface area contributed by atoms with E-state index in [-0.39, 0.29) is 5.84 Å². The number of hydrogen-bond acceptors (Lipinski definition) is 6. The van der Waals surface area contributed by atoms with Crippen LogP contribution in [-0.4, -0.2) is 21.8 Å². The number of benzene rings is 1. The second kappa shape index (κ2) is 6.80. The van der Waals surface area contributed by atoms with Crippen molar-refractivity contribution < 1.29 is 9.63 Å². The molecule has 7 heteroatoms. The second-order valence-electron chi connectivity index (χ2n) is 4.50. The highest BCUT2D eigenvalue weighted by atomic mass is 32.1. The van der Waals surface area contributed by atoms with Crippen molar-refractivity contribution in [2.45, 2.75) is 0 Å². The highest BCUT2D eigenvalue weighted by Crippen LogP contribution is 2.22. The van der Waals surface area contributed by atoms with E-state index in [1.807, 2.05) is 18.2 Å². The van der Waals surface area contributed by atoms with Gasteiger partial charge in [0, 0.05) is 23.3 Å². The Kier molecular flexibility index (Phi) is 4.39. The molecule has 0 fully saturated rings. The Morgan fingerprint density at radius 2 is 2.00 bits per heavy atom. The van der Waals surface area contributed by atoms with Crippen molar-refractivity contribution in [2.24, 2.45) is 10.9 Å². The van der Waals surface area contributed by atoms with Gasteiger partial charge in [0.25, 0.3) is 0 Å². The summed E-state index contributed by atoms with van der Waals surface area (Å²) >= 11 is 1.41. The number of hydrogen-bond donors (Lipinski definition) is 1. The van der Waals surface area contributed by atoms with Crippen molar-refractivity contribution in [2.75, 3.05) is 0 Å². The number of oxime groups is 1. The molecule has 3 aromatic rings. The third kappa shape index (κ3) is 3.58. The van der Waals surface area contributed by atoms with Crippen LogP contribution in [0.2, 0.25) is 0 Å². The number of carbonyl (C=O) groups is 1. The predicted octanol–water partition coefficient (Wildman–Crippen LogP) is 2.68. The van der Waals surface area contributed by atoms with Crippen LogP contribution in [0, 0.1) is 0 Å². The molecule has 0 saturated heterocycles. The minimum Gasteiger partial charge on any atom is -0.379 e. The first-order valence-corrected chi connectivity index (χ1v) is 7.58. The molecule has 0 atom stereocenters. The first kappa shape index (κ1) is 14.9. The van der Waals surface area contributed by atoms with Gasteiger partial charge in [-0.2, -0.15) is 0 Å². The molecular weight excluding hydrogens is 312 g/mol. The van der Waals surface area contributed by atoms with Crippen molar-refractivity contribution in [1.29, 1.82) is 0 Å². The van der Waals surface area contributed by atoms with E-state index in [0.29, 0.717) is 11.3 Å². The molecule has 114 valence electrons. The Morgan fingerprint density at radius 1 is 1.17 bits per heavy atom. The average Bonchev–Trinajstić information content (AvgIpc) is 3.11. The standard InChI is InChI=1S/C16H12N4O2S/c17-14(20-22-16(21)11-5-2-1-3-6-11)13-10-23-15(19-13)12-7-4-8-18-9-12/h1-10H,(H2,17,20). The molecule has 0 aliphatic heterocycles. The molecule has 2 aromatic heterocycles. The molecule has 23 heavy (non-hydrogen) atoms. The van der Waals surface area contributed by atoms with Gasteiger partial charge >= 0.3 is 5.97 Å². The maximum absolute atomic E-state index is 11.8. The fourth-order valence-electron chi connectivity index (χ4n) is 1.78. The predicted molar refractivity (Wildman–Crippen MR) is 87.9 cm³/mol. The molecule has 0 aliphatic rings. The molecule has 2 heterocycles. The average molecular weight is 324 g/mol. The van der Waals surface area contributed by atoms with Crippen molar-refractivity contribution in [3.63, 3.8) is 0 Å². The van der Waals surface area contributed by atoms with Crippen molar-refractivity contribution in [3.05, 3.63) is 71.5 Å². The van der Waals surface area contributed by atoms with Crippen LogP contribution in [0.15, 0.2) is 65.4 Å². The second-order valence-corrected chi connectivity index (χ2v) is 5.36. The molecule has 0 aliphatic carbocycles. The van der Waals surface area contributed by atoms with Crippen LogP contribution in [0.3, 0.4) is 0 Å². The summed E-state index contributed by atoms with van der Waals surface area (Å²) < 4.78 is 0. The summed E-state index contributed by atoms with van der Waals surface area (Å²) in [7, 11) is 0. The maximum atomic E-state index is 11.8. The zero-order valence-electron chi connectivity index (χ0n) is 11.9. The Bertz CT molecular complexity index is 832. The molecule has 0 radical (unpaired) electrons. The topological polar surface area (TPSA) is 90.5 Å². The summed E-state index contributed by atoms with van der Waals surface area (Å²) in [5.41, 5.74) is 7.56. The lowest BCUT2D eigenvalue weighted by atomic mass is 10.2. The number of carbonyl (C=O) groups excluding carboxylic acids is 1. The Labute approximate surface area is 136 Å². The summed E-state index contributed by atoms with van der Waals surface area (Å²) in [5.74, 6) is -0.531. The molecule has 0 saturated carbocycles. The van der Waals surface area contributed by atoms with Crippen LogP contribution in [0.4, 0.5) is 0 Å². The molecule has 0 unspecified atom stereocenters. The quantitative estimate of drug-likeness (QED) is 0.345. The monoisotopic (exact) mass is 324 g/mol. The smallest absolute Gasteiger partial charge is 0.365 e. The number of pyridine rings is 1. The lowest BCUT2D eigenvalue weighted by Crippen LogP contribution is -2.15. The maximum Gasteiger partial charge on any atom is 0.365 e.